The monoisotopic (exact) mass is 150 g/mol. The van der Waals surface area contributed by atoms with Crippen LogP contribution in [0, 0.1) is 6.92 Å². The first-order valence-corrected chi connectivity index (χ1v) is 3.85. The summed E-state index contributed by atoms with van der Waals surface area (Å²) in [5.74, 6) is 0. The van der Waals surface area contributed by atoms with Gasteiger partial charge in [-0.2, -0.15) is 0 Å². The summed E-state index contributed by atoms with van der Waals surface area (Å²) in [5, 5.41) is 0. The molecule has 1 unspecified atom stereocenters. The van der Waals surface area contributed by atoms with Crippen LogP contribution in [0.15, 0.2) is 18.3 Å². The van der Waals surface area contributed by atoms with E-state index in [2.05, 4.69) is 11.1 Å². The molecular formula is C9H14N2. The molecule has 0 fully saturated rings. The average Bonchev–Trinajstić information content (AvgIpc) is 1.93. The van der Waals surface area contributed by atoms with E-state index in [1.807, 2.05) is 26.1 Å². The minimum atomic E-state index is 0.199. The van der Waals surface area contributed by atoms with Crippen LogP contribution in [0.4, 0.5) is 0 Å². The van der Waals surface area contributed by atoms with Crippen molar-refractivity contribution < 1.29 is 0 Å². The Balaban J connectivity index is 2.66. The zero-order valence-corrected chi connectivity index (χ0v) is 7.04. The zero-order chi connectivity index (χ0) is 8.27. The fourth-order valence-corrected chi connectivity index (χ4v) is 0.949. The van der Waals surface area contributed by atoms with Gasteiger partial charge in [-0.15, -0.1) is 0 Å². The fourth-order valence-electron chi connectivity index (χ4n) is 0.949. The van der Waals surface area contributed by atoms with Gasteiger partial charge in [0.25, 0.3) is 0 Å². The SMILES string of the molecule is Cc1ccc(CC(C)N)nc1. The Kier molecular flexibility index (Phi) is 2.60. The minimum Gasteiger partial charge on any atom is -0.328 e. The molecule has 0 amide bonds. The summed E-state index contributed by atoms with van der Waals surface area (Å²) < 4.78 is 0. The molecule has 0 saturated heterocycles. The third-order valence-electron chi connectivity index (χ3n) is 1.50. The van der Waals surface area contributed by atoms with Gasteiger partial charge in [0.15, 0.2) is 0 Å². The normalized spacial score (nSPS) is 13.0. The van der Waals surface area contributed by atoms with Crippen molar-refractivity contribution in [2.24, 2.45) is 5.73 Å². The summed E-state index contributed by atoms with van der Waals surface area (Å²) in [5.41, 5.74) is 7.89. The second-order valence-electron chi connectivity index (χ2n) is 3.01. The molecule has 0 aromatic carbocycles. The Morgan fingerprint density at radius 1 is 1.55 bits per heavy atom. The van der Waals surface area contributed by atoms with Crippen molar-refractivity contribution in [1.29, 1.82) is 0 Å². The molecular weight excluding hydrogens is 136 g/mol. The third-order valence-corrected chi connectivity index (χ3v) is 1.50. The molecule has 2 nitrogen and oxygen atoms in total. The van der Waals surface area contributed by atoms with Crippen molar-refractivity contribution in [3.8, 4) is 0 Å². The molecule has 2 N–H and O–H groups in total. The largest absolute Gasteiger partial charge is 0.328 e. The number of pyridine rings is 1. The summed E-state index contributed by atoms with van der Waals surface area (Å²) in [6.07, 6.45) is 2.73. The van der Waals surface area contributed by atoms with E-state index in [1.165, 1.54) is 5.56 Å². The van der Waals surface area contributed by atoms with Crippen molar-refractivity contribution >= 4 is 0 Å². The van der Waals surface area contributed by atoms with Crippen LogP contribution in [0.2, 0.25) is 0 Å². The summed E-state index contributed by atoms with van der Waals surface area (Å²) in [7, 11) is 0. The molecule has 1 aromatic heterocycles. The van der Waals surface area contributed by atoms with Crippen LogP contribution in [0.3, 0.4) is 0 Å². The minimum absolute atomic E-state index is 0.199. The number of aromatic nitrogens is 1. The van der Waals surface area contributed by atoms with Crippen molar-refractivity contribution in [3.63, 3.8) is 0 Å². The highest BCUT2D eigenvalue weighted by Crippen LogP contribution is 2.00. The molecule has 1 atom stereocenters. The van der Waals surface area contributed by atoms with E-state index in [0.29, 0.717) is 0 Å². The topological polar surface area (TPSA) is 38.9 Å². The lowest BCUT2D eigenvalue weighted by atomic mass is 10.1. The molecule has 0 aliphatic heterocycles. The highest BCUT2D eigenvalue weighted by molar-refractivity contribution is 5.12. The maximum atomic E-state index is 5.62. The van der Waals surface area contributed by atoms with Gasteiger partial charge in [-0.05, 0) is 25.5 Å². The molecule has 0 radical (unpaired) electrons. The molecule has 60 valence electrons. The highest BCUT2D eigenvalue weighted by atomic mass is 14.7. The first kappa shape index (κ1) is 8.21. The molecule has 2 heteroatoms. The number of nitrogens with zero attached hydrogens (tertiary/aromatic N) is 1. The Hall–Kier alpha value is -0.890. The summed E-state index contributed by atoms with van der Waals surface area (Å²) in [6, 6.07) is 4.29. The van der Waals surface area contributed by atoms with Crippen molar-refractivity contribution in [3.05, 3.63) is 29.6 Å². The van der Waals surface area contributed by atoms with Gasteiger partial charge in [0.2, 0.25) is 0 Å². The smallest absolute Gasteiger partial charge is 0.0419 e. The molecule has 0 spiro atoms. The molecule has 0 bridgehead atoms. The molecule has 0 saturated carbocycles. The Bertz CT molecular complexity index is 214. The predicted molar refractivity (Wildman–Crippen MR) is 46.3 cm³/mol. The van der Waals surface area contributed by atoms with Crippen molar-refractivity contribution in [2.75, 3.05) is 0 Å². The lowest BCUT2D eigenvalue weighted by Gasteiger charge is -2.03. The van der Waals surface area contributed by atoms with E-state index in [9.17, 15) is 0 Å². The van der Waals surface area contributed by atoms with Gasteiger partial charge in [-0.3, -0.25) is 4.98 Å². The van der Waals surface area contributed by atoms with E-state index in [1.54, 1.807) is 0 Å². The number of hydrogen-bond acceptors (Lipinski definition) is 2. The average molecular weight is 150 g/mol. The van der Waals surface area contributed by atoms with Gasteiger partial charge in [0.1, 0.15) is 0 Å². The van der Waals surface area contributed by atoms with Gasteiger partial charge in [0, 0.05) is 24.4 Å². The zero-order valence-electron chi connectivity index (χ0n) is 7.04. The molecule has 1 heterocycles. The lowest BCUT2D eigenvalue weighted by Crippen LogP contribution is -2.18. The number of rotatable bonds is 2. The maximum absolute atomic E-state index is 5.62. The highest BCUT2D eigenvalue weighted by Gasteiger charge is 1.97. The van der Waals surface area contributed by atoms with E-state index >= 15 is 0 Å². The van der Waals surface area contributed by atoms with E-state index in [0.717, 1.165) is 12.1 Å². The number of nitrogens with two attached hydrogens (primary N) is 1. The van der Waals surface area contributed by atoms with Gasteiger partial charge in [-0.1, -0.05) is 6.07 Å². The molecule has 11 heavy (non-hydrogen) atoms. The Morgan fingerprint density at radius 2 is 2.27 bits per heavy atom. The van der Waals surface area contributed by atoms with E-state index in [-0.39, 0.29) is 6.04 Å². The van der Waals surface area contributed by atoms with Crippen LogP contribution in [-0.4, -0.2) is 11.0 Å². The second-order valence-corrected chi connectivity index (χ2v) is 3.01. The molecule has 1 rings (SSSR count). The first-order chi connectivity index (χ1) is 5.18. The number of hydrogen-bond donors (Lipinski definition) is 1. The molecule has 1 aromatic rings. The Morgan fingerprint density at radius 3 is 2.73 bits per heavy atom. The van der Waals surface area contributed by atoms with Crippen LogP contribution < -0.4 is 5.73 Å². The summed E-state index contributed by atoms with van der Waals surface area (Å²) in [6.45, 7) is 4.02. The van der Waals surface area contributed by atoms with Crippen LogP contribution in [0.1, 0.15) is 18.2 Å². The fraction of sp³-hybridized carbons (Fsp3) is 0.444. The van der Waals surface area contributed by atoms with Gasteiger partial charge >= 0.3 is 0 Å². The number of aryl methyl sites for hydroxylation is 1. The maximum Gasteiger partial charge on any atom is 0.0419 e. The summed E-state index contributed by atoms with van der Waals surface area (Å²) >= 11 is 0. The predicted octanol–water partition coefficient (Wildman–Crippen LogP) is 1.28. The van der Waals surface area contributed by atoms with Gasteiger partial charge in [0.05, 0.1) is 0 Å². The third kappa shape index (κ3) is 2.68. The quantitative estimate of drug-likeness (QED) is 0.689. The summed E-state index contributed by atoms with van der Waals surface area (Å²) in [4.78, 5) is 4.24. The van der Waals surface area contributed by atoms with Crippen LogP contribution in [0.5, 0.6) is 0 Å². The van der Waals surface area contributed by atoms with Crippen LogP contribution in [-0.2, 0) is 6.42 Å². The van der Waals surface area contributed by atoms with Crippen molar-refractivity contribution in [2.45, 2.75) is 26.3 Å². The molecule has 0 aliphatic carbocycles. The van der Waals surface area contributed by atoms with E-state index in [4.69, 9.17) is 5.73 Å². The van der Waals surface area contributed by atoms with E-state index < -0.39 is 0 Å². The van der Waals surface area contributed by atoms with Crippen molar-refractivity contribution in [1.82, 2.24) is 4.98 Å². The van der Waals surface area contributed by atoms with Crippen LogP contribution >= 0.6 is 0 Å². The lowest BCUT2D eigenvalue weighted by molar-refractivity contribution is 0.722. The first-order valence-electron chi connectivity index (χ1n) is 3.85. The second kappa shape index (κ2) is 3.49. The van der Waals surface area contributed by atoms with Gasteiger partial charge < -0.3 is 5.73 Å². The molecule has 0 aliphatic rings. The van der Waals surface area contributed by atoms with Crippen LogP contribution in [0.25, 0.3) is 0 Å². The standard InChI is InChI=1S/C9H14N2/c1-7-3-4-9(11-6-7)5-8(2)10/h3-4,6,8H,5,10H2,1-2H3. The van der Waals surface area contributed by atoms with Gasteiger partial charge in [-0.25, -0.2) is 0 Å². The Labute approximate surface area is 67.5 Å².